The minimum Gasteiger partial charge on any atom is -0.374 e. The predicted octanol–water partition coefficient (Wildman–Crippen LogP) is 2.74. The number of rotatable bonds is 2. The molecule has 2 heteroatoms. The van der Waals surface area contributed by atoms with Gasteiger partial charge in [-0.05, 0) is 30.9 Å². The Bertz CT molecular complexity index is 314. The third-order valence-corrected chi connectivity index (χ3v) is 2.60. The molecule has 0 saturated carbocycles. The lowest BCUT2D eigenvalue weighted by molar-refractivity contribution is 0.0149. The lowest BCUT2D eigenvalue weighted by Gasteiger charge is -2.22. The molecule has 1 aliphatic rings. The first-order valence-electron chi connectivity index (χ1n) is 5.07. The van der Waals surface area contributed by atoms with Crippen LogP contribution in [0.1, 0.15) is 41.3 Å². The van der Waals surface area contributed by atoms with Crippen molar-refractivity contribution in [2.75, 3.05) is 6.61 Å². The van der Waals surface area contributed by atoms with Crippen LogP contribution in [0.4, 0.5) is 0 Å². The van der Waals surface area contributed by atoms with Crippen LogP contribution < -0.4 is 0 Å². The first-order valence-corrected chi connectivity index (χ1v) is 5.07. The maximum absolute atomic E-state index is 10.6. The molecule has 0 bridgehead atoms. The van der Waals surface area contributed by atoms with Gasteiger partial charge in [-0.15, -0.1) is 0 Å². The molecule has 2 rings (SSSR count). The minimum atomic E-state index is 0.198. The molecule has 74 valence electrons. The molecular weight excluding hydrogens is 176 g/mol. The summed E-state index contributed by atoms with van der Waals surface area (Å²) in [6.07, 6.45) is 4.53. The standard InChI is InChI=1S/C12H14O2/c13-9-10-4-3-5-11(8-10)12-6-1-2-7-14-12/h3-5,8-9,12H,1-2,6-7H2/t12-/m0/s1. The third kappa shape index (κ3) is 2.02. The molecule has 1 saturated heterocycles. The van der Waals surface area contributed by atoms with Crippen LogP contribution in [0.5, 0.6) is 0 Å². The molecule has 2 nitrogen and oxygen atoms in total. The molecule has 1 atom stereocenters. The summed E-state index contributed by atoms with van der Waals surface area (Å²) in [6.45, 7) is 0.843. The third-order valence-electron chi connectivity index (χ3n) is 2.60. The predicted molar refractivity (Wildman–Crippen MR) is 54.4 cm³/mol. The molecule has 1 aliphatic heterocycles. The average molecular weight is 190 g/mol. The smallest absolute Gasteiger partial charge is 0.150 e. The van der Waals surface area contributed by atoms with Crippen molar-refractivity contribution in [2.24, 2.45) is 0 Å². The van der Waals surface area contributed by atoms with Gasteiger partial charge in [0.15, 0.2) is 0 Å². The molecule has 1 fully saturated rings. The fourth-order valence-electron chi connectivity index (χ4n) is 1.84. The molecule has 0 radical (unpaired) electrons. The fraction of sp³-hybridized carbons (Fsp3) is 0.417. The normalized spacial score (nSPS) is 21.9. The second-order valence-electron chi connectivity index (χ2n) is 3.64. The molecule has 0 aliphatic carbocycles. The van der Waals surface area contributed by atoms with E-state index in [1.807, 2.05) is 24.3 Å². The highest BCUT2D eigenvalue weighted by Crippen LogP contribution is 2.27. The average Bonchev–Trinajstić information content (AvgIpc) is 2.30. The number of hydrogen-bond donors (Lipinski definition) is 0. The van der Waals surface area contributed by atoms with E-state index in [0.29, 0.717) is 0 Å². The van der Waals surface area contributed by atoms with Gasteiger partial charge in [-0.25, -0.2) is 0 Å². The van der Waals surface area contributed by atoms with Gasteiger partial charge >= 0.3 is 0 Å². The fourth-order valence-corrected chi connectivity index (χ4v) is 1.84. The lowest BCUT2D eigenvalue weighted by Crippen LogP contribution is -2.11. The Morgan fingerprint density at radius 1 is 1.36 bits per heavy atom. The quantitative estimate of drug-likeness (QED) is 0.670. The summed E-state index contributed by atoms with van der Waals surface area (Å²) in [7, 11) is 0. The summed E-state index contributed by atoms with van der Waals surface area (Å²) in [5, 5.41) is 0. The summed E-state index contributed by atoms with van der Waals surface area (Å²) in [6, 6.07) is 7.68. The second-order valence-corrected chi connectivity index (χ2v) is 3.64. The summed E-state index contributed by atoms with van der Waals surface area (Å²) in [5.74, 6) is 0. The van der Waals surface area contributed by atoms with E-state index in [4.69, 9.17) is 4.74 Å². The highest BCUT2D eigenvalue weighted by Gasteiger charge is 2.15. The molecule has 0 amide bonds. The zero-order valence-corrected chi connectivity index (χ0v) is 8.11. The van der Waals surface area contributed by atoms with E-state index in [1.54, 1.807) is 0 Å². The molecular formula is C12H14O2. The molecule has 1 heterocycles. The van der Waals surface area contributed by atoms with E-state index in [2.05, 4.69) is 0 Å². The van der Waals surface area contributed by atoms with E-state index in [-0.39, 0.29) is 6.10 Å². The molecule has 0 N–H and O–H groups in total. The van der Waals surface area contributed by atoms with Gasteiger partial charge in [-0.1, -0.05) is 18.2 Å². The Labute approximate surface area is 83.9 Å². The van der Waals surface area contributed by atoms with E-state index in [9.17, 15) is 4.79 Å². The summed E-state index contributed by atoms with van der Waals surface area (Å²) in [4.78, 5) is 10.6. The van der Waals surface area contributed by atoms with Gasteiger partial charge in [0.25, 0.3) is 0 Å². The van der Waals surface area contributed by atoms with Crippen molar-refractivity contribution >= 4 is 6.29 Å². The Balaban J connectivity index is 2.17. The summed E-state index contributed by atoms with van der Waals surface area (Å²) in [5.41, 5.74) is 1.87. The second kappa shape index (κ2) is 4.38. The maximum Gasteiger partial charge on any atom is 0.150 e. The molecule has 1 aromatic carbocycles. The van der Waals surface area contributed by atoms with Crippen LogP contribution in [-0.2, 0) is 4.74 Å². The highest BCUT2D eigenvalue weighted by atomic mass is 16.5. The zero-order valence-electron chi connectivity index (χ0n) is 8.11. The van der Waals surface area contributed by atoms with Crippen molar-refractivity contribution in [1.29, 1.82) is 0 Å². The lowest BCUT2D eigenvalue weighted by atomic mass is 10.00. The van der Waals surface area contributed by atoms with E-state index >= 15 is 0 Å². The van der Waals surface area contributed by atoms with Crippen molar-refractivity contribution < 1.29 is 9.53 Å². The molecule has 0 aromatic heterocycles. The van der Waals surface area contributed by atoms with Crippen LogP contribution in [0.2, 0.25) is 0 Å². The van der Waals surface area contributed by atoms with Gasteiger partial charge in [0.1, 0.15) is 6.29 Å². The van der Waals surface area contributed by atoms with E-state index in [1.165, 1.54) is 6.42 Å². The first kappa shape index (κ1) is 9.41. The van der Waals surface area contributed by atoms with Crippen LogP contribution in [-0.4, -0.2) is 12.9 Å². The van der Waals surface area contributed by atoms with Crippen LogP contribution in [0.15, 0.2) is 24.3 Å². The SMILES string of the molecule is O=Cc1cccc([C@@H]2CCCCO2)c1. The molecule has 0 spiro atoms. The van der Waals surface area contributed by atoms with E-state index in [0.717, 1.165) is 36.9 Å². The first-order chi connectivity index (χ1) is 6.90. The van der Waals surface area contributed by atoms with Crippen LogP contribution >= 0.6 is 0 Å². The van der Waals surface area contributed by atoms with Gasteiger partial charge in [0.2, 0.25) is 0 Å². The summed E-state index contributed by atoms with van der Waals surface area (Å²) < 4.78 is 5.65. The Kier molecular flexibility index (Phi) is 2.94. The van der Waals surface area contributed by atoms with E-state index < -0.39 is 0 Å². The van der Waals surface area contributed by atoms with Crippen molar-refractivity contribution in [1.82, 2.24) is 0 Å². The zero-order chi connectivity index (χ0) is 9.80. The van der Waals surface area contributed by atoms with Crippen molar-refractivity contribution in [3.63, 3.8) is 0 Å². The van der Waals surface area contributed by atoms with Crippen molar-refractivity contribution in [3.05, 3.63) is 35.4 Å². The number of carbonyl (C=O) groups excluding carboxylic acids is 1. The molecule has 0 unspecified atom stereocenters. The van der Waals surface area contributed by atoms with Crippen molar-refractivity contribution in [3.8, 4) is 0 Å². The minimum absolute atomic E-state index is 0.198. The largest absolute Gasteiger partial charge is 0.374 e. The van der Waals surface area contributed by atoms with Gasteiger partial charge in [0.05, 0.1) is 6.10 Å². The topological polar surface area (TPSA) is 26.3 Å². The van der Waals surface area contributed by atoms with Crippen LogP contribution in [0, 0.1) is 0 Å². The van der Waals surface area contributed by atoms with Crippen molar-refractivity contribution in [2.45, 2.75) is 25.4 Å². The van der Waals surface area contributed by atoms with Crippen LogP contribution in [0.3, 0.4) is 0 Å². The Hall–Kier alpha value is -1.15. The maximum atomic E-state index is 10.6. The number of ether oxygens (including phenoxy) is 1. The molecule has 14 heavy (non-hydrogen) atoms. The van der Waals surface area contributed by atoms with Gasteiger partial charge in [-0.2, -0.15) is 0 Å². The Morgan fingerprint density at radius 3 is 3.00 bits per heavy atom. The number of hydrogen-bond acceptors (Lipinski definition) is 2. The summed E-state index contributed by atoms with van der Waals surface area (Å²) >= 11 is 0. The molecule has 1 aromatic rings. The number of benzene rings is 1. The van der Waals surface area contributed by atoms with Gasteiger partial charge in [0, 0.05) is 12.2 Å². The van der Waals surface area contributed by atoms with Crippen LogP contribution in [0.25, 0.3) is 0 Å². The Morgan fingerprint density at radius 2 is 2.29 bits per heavy atom. The number of aldehydes is 1. The number of carbonyl (C=O) groups is 1. The monoisotopic (exact) mass is 190 g/mol. The van der Waals surface area contributed by atoms with Gasteiger partial charge in [-0.3, -0.25) is 4.79 Å². The van der Waals surface area contributed by atoms with Gasteiger partial charge < -0.3 is 4.74 Å². The highest BCUT2D eigenvalue weighted by molar-refractivity contribution is 5.74.